The number of benzene rings is 1. The van der Waals surface area contributed by atoms with E-state index in [1.54, 1.807) is 23.9 Å². The van der Waals surface area contributed by atoms with Crippen LogP contribution in [-0.4, -0.2) is 41.6 Å². The first-order valence-corrected chi connectivity index (χ1v) is 7.24. The monoisotopic (exact) mass is 296 g/mol. The lowest BCUT2D eigenvalue weighted by Gasteiger charge is -2.19. The van der Waals surface area contributed by atoms with Gasteiger partial charge in [0, 0.05) is 37.2 Å². The number of anilines is 1. The average Bonchev–Trinajstić information content (AvgIpc) is 2.41. The molecule has 0 amide bonds. The van der Waals surface area contributed by atoms with Crippen molar-refractivity contribution in [2.75, 3.05) is 30.5 Å². The van der Waals surface area contributed by atoms with Gasteiger partial charge in [-0.05, 0) is 24.5 Å². The lowest BCUT2D eigenvalue weighted by Crippen LogP contribution is -2.20. The van der Waals surface area contributed by atoms with Crippen molar-refractivity contribution in [3.05, 3.63) is 40.0 Å². The highest BCUT2D eigenvalue weighted by molar-refractivity contribution is 7.98. The highest BCUT2D eigenvalue weighted by Gasteiger charge is 2.13. The maximum Gasteiger partial charge on any atom is 0.328 e. The maximum atomic E-state index is 10.9. The molecule has 0 aliphatic rings. The number of rotatable bonds is 7. The largest absolute Gasteiger partial charge is 0.478 e. The van der Waals surface area contributed by atoms with E-state index in [0.717, 1.165) is 24.1 Å². The SMILES string of the molecule is CSCCN(C)c1ccc([N+](=O)[O-])c(/C=C/C(=O)O)c1. The van der Waals surface area contributed by atoms with Crippen LogP contribution in [0.2, 0.25) is 0 Å². The lowest BCUT2D eigenvalue weighted by atomic mass is 10.1. The molecule has 0 atom stereocenters. The molecule has 0 heterocycles. The minimum Gasteiger partial charge on any atom is -0.478 e. The standard InChI is InChI=1S/C13H16N2O4S/c1-14(7-8-20-2)11-4-5-12(15(18)19)10(9-11)3-6-13(16)17/h3-6,9H,7-8H2,1-2H3,(H,16,17)/b6-3+. The fraction of sp³-hybridized carbons (Fsp3) is 0.308. The molecule has 0 radical (unpaired) electrons. The van der Waals surface area contributed by atoms with E-state index >= 15 is 0 Å². The van der Waals surface area contributed by atoms with Gasteiger partial charge in [0.1, 0.15) is 0 Å². The first kappa shape index (κ1) is 16.0. The van der Waals surface area contributed by atoms with Crippen LogP contribution in [0.1, 0.15) is 5.56 Å². The molecule has 0 saturated heterocycles. The van der Waals surface area contributed by atoms with E-state index in [1.807, 2.05) is 18.2 Å². The predicted octanol–water partition coefficient (Wildman–Crippen LogP) is 2.49. The van der Waals surface area contributed by atoms with E-state index in [2.05, 4.69) is 0 Å². The quantitative estimate of drug-likeness (QED) is 0.473. The van der Waals surface area contributed by atoms with Gasteiger partial charge in [-0.25, -0.2) is 4.79 Å². The molecule has 7 heteroatoms. The molecule has 0 fully saturated rings. The molecule has 1 N–H and O–H groups in total. The molecule has 20 heavy (non-hydrogen) atoms. The van der Waals surface area contributed by atoms with Crippen LogP contribution in [0.15, 0.2) is 24.3 Å². The summed E-state index contributed by atoms with van der Waals surface area (Å²) in [5.74, 6) is -0.200. The second-order valence-electron chi connectivity index (χ2n) is 4.09. The summed E-state index contributed by atoms with van der Waals surface area (Å²) in [5.41, 5.74) is 0.991. The molecule has 0 saturated carbocycles. The number of carbonyl (C=O) groups is 1. The maximum absolute atomic E-state index is 10.9. The van der Waals surface area contributed by atoms with Crippen LogP contribution in [0.3, 0.4) is 0 Å². The first-order chi connectivity index (χ1) is 9.45. The van der Waals surface area contributed by atoms with Crippen molar-refractivity contribution < 1.29 is 14.8 Å². The number of carboxylic acids is 1. The van der Waals surface area contributed by atoms with Crippen molar-refractivity contribution in [2.24, 2.45) is 0 Å². The second-order valence-corrected chi connectivity index (χ2v) is 5.07. The van der Waals surface area contributed by atoms with Crippen molar-refractivity contribution in [1.82, 2.24) is 0 Å². The molecule has 0 aromatic heterocycles. The highest BCUT2D eigenvalue weighted by Crippen LogP contribution is 2.25. The third kappa shape index (κ3) is 4.58. The van der Waals surface area contributed by atoms with Gasteiger partial charge in [-0.3, -0.25) is 10.1 Å². The van der Waals surface area contributed by atoms with Crippen molar-refractivity contribution in [1.29, 1.82) is 0 Å². The van der Waals surface area contributed by atoms with E-state index in [9.17, 15) is 14.9 Å². The van der Waals surface area contributed by atoms with E-state index in [0.29, 0.717) is 0 Å². The number of thioether (sulfide) groups is 1. The van der Waals surface area contributed by atoms with Crippen LogP contribution in [0, 0.1) is 10.1 Å². The Kier molecular flexibility index (Phi) is 6.05. The fourth-order valence-corrected chi connectivity index (χ4v) is 2.05. The molecule has 1 aromatic rings. The van der Waals surface area contributed by atoms with Crippen LogP contribution < -0.4 is 4.90 Å². The Morgan fingerprint density at radius 3 is 2.80 bits per heavy atom. The summed E-state index contributed by atoms with van der Waals surface area (Å²) in [7, 11) is 1.89. The summed E-state index contributed by atoms with van der Waals surface area (Å²) in [5, 5.41) is 19.6. The molecule has 6 nitrogen and oxygen atoms in total. The van der Waals surface area contributed by atoms with Gasteiger partial charge in [0.15, 0.2) is 0 Å². The summed E-state index contributed by atoms with van der Waals surface area (Å²) in [6.45, 7) is 0.807. The topological polar surface area (TPSA) is 83.7 Å². The molecule has 0 aliphatic carbocycles. The molecular weight excluding hydrogens is 280 g/mol. The fourth-order valence-electron chi connectivity index (χ4n) is 1.60. The Labute approximate surface area is 121 Å². The van der Waals surface area contributed by atoms with Crippen LogP contribution in [-0.2, 0) is 4.79 Å². The normalized spacial score (nSPS) is 10.7. The molecular formula is C13H16N2O4S. The third-order valence-electron chi connectivity index (χ3n) is 2.68. The van der Waals surface area contributed by atoms with Gasteiger partial charge >= 0.3 is 5.97 Å². The first-order valence-electron chi connectivity index (χ1n) is 5.85. The van der Waals surface area contributed by atoms with Gasteiger partial charge < -0.3 is 10.0 Å². The van der Waals surface area contributed by atoms with Crippen molar-refractivity contribution in [3.8, 4) is 0 Å². The van der Waals surface area contributed by atoms with Gasteiger partial charge in [-0.15, -0.1) is 0 Å². The van der Waals surface area contributed by atoms with E-state index in [1.165, 1.54) is 12.1 Å². The number of hydrogen-bond donors (Lipinski definition) is 1. The molecule has 0 bridgehead atoms. The van der Waals surface area contributed by atoms with Crippen molar-refractivity contribution in [3.63, 3.8) is 0 Å². The predicted molar refractivity (Wildman–Crippen MR) is 81.4 cm³/mol. The molecule has 1 aromatic carbocycles. The molecule has 1 rings (SSSR count). The van der Waals surface area contributed by atoms with Crippen molar-refractivity contribution >= 4 is 35.2 Å². The highest BCUT2D eigenvalue weighted by atomic mass is 32.2. The summed E-state index contributed by atoms with van der Waals surface area (Å²) >= 11 is 1.71. The molecule has 108 valence electrons. The number of aliphatic carboxylic acids is 1. The van der Waals surface area contributed by atoms with Crippen LogP contribution in [0.25, 0.3) is 6.08 Å². The van der Waals surface area contributed by atoms with Crippen LogP contribution in [0.4, 0.5) is 11.4 Å². The minimum absolute atomic E-state index is 0.107. The zero-order valence-electron chi connectivity index (χ0n) is 11.3. The van der Waals surface area contributed by atoms with Crippen molar-refractivity contribution in [2.45, 2.75) is 0 Å². The molecule has 0 aliphatic heterocycles. The lowest BCUT2D eigenvalue weighted by molar-refractivity contribution is -0.385. The Hall–Kier alpha value is -2.02. The third-order valence-corrected chi connectivity index (χ3v) is 3.28. The minimum atomic E-state index is -1.14. The summed E-state index contributed by atoms with van der Waals surface area (Å²) < 4.78 is 0. The van der Waals surface area contributed by atoms with E-state index in [4.69, 9.17) is 5.11 Å². The molecule has 0 unspecified atom stereocenters. The zero-order valence-corrected chi connectivity index (χ0v) is 12.1. The zero-order chi connectivity index (χ0) is 15.1. The summed E-state index contributed by atoms with van der Waals surface area (Å²) in [4.78, 5) is 22.9. The van der Waals surface area contributed by atoms with Crippen LogP contribution in [0.5, 0.6) is 0 Å². The Bertz CT molecular complexity index is 531. The number of hydrogen-bond acceptors (Lipinski definition) is 5. The summed E-state index contributed by atoms with van der Waals surface area (Å²) in [6.07, 6.45) is 4.14. The smallest absolute Gasteiger partial charge is 0.328 e. The van der Waals surface area contributed by atoms with Gasteiger partial charge in [-0.1, -0.05) is 0 Å². The Morgan fingerprint density at radius 1 is 1.55 bits per heavy atom. The van der Waals surface area contributed by atoms with Gasteiger partial charge in [0.2, 0.25) is 0 Å². The number of nitro benzene ring substituents is 1. The number of nitrogens with zero attached hydrogens (tertiary/aromatic N) is 2. The average molecular weight is 296 g/mol. The van der Waals surface area contributed by atoms with Gasteiger partial charge in [-0.2, -0.15) is 11.8 Å². The van der Waals surface area contributed by atoms with Crippen LogP contribution >= 0.6 is 11.8 Å². The van der Waals surface area contributed by atoms with E-state index in [-0.39, 0.29) is 11.3 Å². The number of carboxylic acid groups (broad SMARTS) is 1. The van der Waals surface area contributed by atoms with Gasteiger partial charge in [0.25, 0.3) is 5.69 Å². The Morgan fingerprint density at radius 2 is 2.25 bits per heavy atom. The van der Waals surface area contributed by atoms with Gasteiger partial charge in [0.05, 0.1) is 10.5 Å². The van der Waals surface area contributed by atoms with E-state index < -0.39 is 10.9 Å². The number of nitro groups is 1. The molecule has 0 spiro atoms. The second kappa shape index (κ2) is 7.54. The summed E-state index contributed by atoms with van der Waals surface area (Å²) in [6, 6.07) is 4.68. The Balaban J connectivity index is 3.09.